The van der Waals surface area contributed by atoms with E-state index in [1.165, 1.54) is 0 Å². The Morgan fingerprint density at radius 1 is 1.29 bits per heavy atom. The maximum absolute atomic E-state index is 13.7. The summed E-state index contributed by atoms with van der Waals surface area (Å²) in [5.74, 6) is -5.00. The fraction of sp³-hybridized carbons (Fsp3) is 0.900. The summed E-state index contributed by atoms with van der Waals surface area (Å²) in [5.41, 5.74) is -1.07. The first-order valence-corrected chi connectivity index (χ1v) is 5.08. The van der Waals surface area contributed by atoms with Gasteiger partial charge in [0.1, 0.15) is 0 Å². The Morgan fingerprint density at radius 2 is 2.00 bits per heavy atom. The van der Waals surface area contributed by atoms with Gasteiger partial charge in [0.05, 0.1) is 5.41 Å². The first kappa shape index (κ1) is 8.62. The normalized spacial score (nSPS) is 52.6. The molecular weight excluding hydrogens is 190 g/mol. The molecular formula is C10H12F2O2. The standard InChI is InChI=1S/C10H12F2O2/c11-10(12)6-1-5-2-7(10)9(3-5,4-6)8(13)14/h5-7H,1-4H2,(H,13,14). The fourth-order valence-corrected chi connectivity index (χ4v) is 4.06. The summed E-state index contributed by atoms with van der Waals surface area (Å²) in [6.07, 6.45) is 1.66. The number of aliphatic carboxylic acids is 1. The molecule has 4 aliphatic rings. The Balaban J connectivity index is 2.09. The molecule has 14 heavy (non-hydrogen) atoms. The number of rotatable bonds is 1. The second-order valence-electron chi connectivity index (χ2n) is 5.13. The van der Waals surface area contributed by atoms with Crippen LogP contribution in [-0.2, 0) is 4.79 Å². The molecule has 2 nitrogen and oxygen atoms in total. The molecule has 0 radical (unpaired) electrons. The molecule has 4 rings (SSSR count). The fourth-order valence-electron chi connectivity index (χ4n) is 4.06. The van der Waals surface area contributed by atoms with Crippen molar-refractivity contribution in [3.05, 3.63) is 0 Å². The molecule has 1 N–H and O–H groups in total. The molecule has 4 atom stereocenters. The number of halogens is 2. The number of carboxylic acids is 1. The third kappa shape index (κ3) is 0.708. The van der Waals surface area contributed by atoms with Crippen molar-refractivity contribution in [2.75, 3.05) is 0 Å². The molecule has 0 aromatic heterocycles. The van der Waals surface area contributed by atoms with Gasteiger partial charge in [0.25, 0.3) is 5.92 Å². The quantitative estimate of drug-likeness (QED) is 0.707. The van der Waals surface area contributed by atoms with Gasteiger partial charge in [-0.1, -0.05) is 0 Å². The molecule has 4 aliphatic carbocycles. The largest absolute Gasteiger partial charge is 0.481 e. The summed E-state index contributed by atoms with van der Waals surface area (Å²) in [6.45, 7) is 0. The van der Waals surface area contributed by atoms with Gasteiger partial charge in [-0.05, 0) is 31.6 Å². The van der Waals surface area contributed by atoms with Crippen LogP contribution in [0.25, 0.3) is 0 Å². The van der Waals surface area contributed by atoms with Crippen LogP contribution in [0.15, 0.2) is 0 Å². The Morgan fingerprint density at radius 3 is 2.57 bits per heavy atom. The first-order valence-electron chi connectivity index (χ1n) is 5.08. The second-order valence-corrected chi connectivity index (χ2v) is 5.13. The highest BCUT2D eigenvalue weighted by Gasteiger charge is 2.74. The van der Waals surface area contributed by atoms with E-state index in [9.17, 15) is 13.6 Å². The van der Waals surface area contributed by atoms with E-state index in [1.54, 1.807) is 0 Å². The van der Waals surface area contributed by atoms with Gasteiger partial charge >= 0.3 is 5.97 Å². The molecule has 78 valence electrons. The monoisotopic (exact) mass is 202 g/mol. The minimum Gasteiger partial charge on any atom is -0.481 e. The maximum atomic E-state index is 13.7. The minimum atomic E-state index is -2.72. The molecule has 0 aromatic carbocycles. The lowest BCUT2D eigenvalue weighted by Gasteiger charge is -2.31. The molecule has 4 bridgehead atoms. The van der Waals surface area contributed by atoms with Gasteiger partial charge in [-0.25, -0.2) is 8.78 Å². The SMILES string of the molecule is O=C(O)C12CC3CC(C1)C(F)(F)C2C3. The van der Waals surface area contributed by atoms with Crippen LogP contribution in [0.1, 0.15) is 25.7 Å². The van der Waals surface area contributed by atoms with E-state index < -0.39 is 29.1 Å². The number of hydrogen-bond donors (Lipinski definition) is 1. The molecule has 0 aliphatic heterocycles. The topological polar surface area (TPSA) is 37.3 Å². The van der Waals surface area contributed by atoms with E-state index in [-0.39, 0.29) is 12.3 Å². The van der Waals surface area contributed by atoms with Crippen LogP contribution in [0.4, 0.5) is 8.78 Å². The Labute approximate surface area is 80.3 Å². The molecule has 0 saturated heterocycles. The molecule has 0 amide bonds. The van der Waals surface area contributed by atoms with Crippen molar-refractivity contribution < 1.29 is 18.7 Å². The van der Waals surface area contributed by atoms with Crippen LogP contribution in [0.2, 0.25) is 0 Å². The van der Waals surface area contributed by atoms with Crippen molar-refractivity contribution in [3.8, 4) is 0 Å². The van der Waals surface area contributed by atoms with Gasteiger partial charge in [0, 0.05) is 11.8 Å². The number of alkyl halides is 2. The number of carbonyl (C=O) groups is 1. The highest BCUT2D eigenvalue weighted by atomic mass is 19.3. The lowest BCUT2D eigenvalue weighted by Crippen LogP contribution is -2.37. The molecule has 4 saturated carbocycles. The van der Waals surface area contributed by atoms with Crippen molar-refractivity contribution in [3.63, 3.8) is 0 Å². The number of hydrogen-bond acceptors (Lipinski definition) is 1. The van der Waals surface area contributed by atoms with E-state index >= 15 is 0 Å². The van der Waals surface area contributed by atoms with Crippen LogP contribution >= 0.6 is 0 Å². The van der Waals surface area contributed by atoms with Gasteiger partial charge in [-0.15, -0.1) is 0 Å². The summed E-state index contributed by atoms with van der Waals surface area (Å²) >= 11 is 0. The van der Waals surface area contributed by atoms with Crippen molar-refractivity contribution in [2.45, 2.75) is 31.6 Å². The zero-order valence-corrected chi connectivity index (χ0v) is 7.67. The summed E-state index contributed by atoms with van der Waals surface area (Å²) < 4.78 is 27.3. The van der Waals surface area contributed by atoms with E-state index in [1.807, 2.05) is 0 Å². The lowest BCUT2D eigenvalue weighted by atomic mass is 9.75. The van der Waals surface area contributed by atoms with Crippen molar-refractivity contribution in [1.29, 1.82) is 0 Å². The maximum Gasteiger partial charge on any atom is 0.310 e. The van der Waals surface area contributed by atoms with Gasteiger partial charge in [-0.3, -0.25) is 4.79 Å². The van der Waals surface area contributed by atoms with Crippen LogP contribution in [0, 0.1) is 23.2 Å². The summed E-state index contributed by atoms with van der Waals surface area (Å²) in [6, 6.07) is 0. The molecule has 4 unspecified atom stereocenters. The van der Waals surface area contributed by atoms with Gasteiger partial charge in [-0.2, -0.15) is 0 Å². The van der Waals surface area contributed by atoms with Crippen LogP contribution in [-0.4, -0.2) is 17.0 Å². The van der Waals surface area contributed by atoms with Crippen LogP contribution in [0.3, 0.4) is 0 Å². The third-order valence-electron chi connectivity index (χ3n) is 4.55. The van der Waals surface area contributed by atoms with Crippen LogP contribution < -0.4 is 0 Å². The highest BCUT2D eigenvalue weighted by molar-refractivity contribution is 5.77. The molecule has 4 fully saturated rings. The average molecular weight is 202 g/mol. The Hall–Kier alpha value is -0.670. The van der Waals surface area contributed by atoms with Gasteiger partial charge in [0.15, 0.2) is 0 Å². The van der Waals surface area contributed by atoms with Crippen molar-refractivity contribution >= 4 is 5.97 Å². The predicted molar refractivity (Wildman–Crippen MR) is 44.0 cm³/mol. The average Bonchev–Trinajstić information content (AvgIpc) is 2.44. The lowest BCUT2D eigenvalue weighted by molar-refractivity contribution is -0.154. The highest BCUT2D eigenvalue weighted by Crippen LogP contribution is 2.70. The number of carboxylic acid groups (broad SMARTS) is 1. The molecule has 4 heteroatoms. The zero-order chi connectivity index (χ0) is 10.1. The smallest absolute Gasteiger partial charge is 0.310 e. The molecule has 0 aromatic rings. The van der Waals surface area contributed by atoms with Gasteiger partial charge < -0.3 is 5.11 Å². The van der Waals surface area contributed by atoms with E-state index in [4.69, 9.17) is 5.11 Å². The third-order valence-corrected chi connectivity index (χ3v) is 4.55. The summed E-state index contributed by atoms with van der Waals surface area (Å²) in [7, 11) is 0. The van der Waals surface area contributed by atoms with Crippen molar-refractivity contribution in [2.24, 2.45) is 23.2 Å². The molecule has 0 heterocycles. The van der Waals surface area contributed by atoms with Crippen LogP contribution in [0.5, 0.6) is 0 Å². The van der Waals surface area contributed by atoms with Crippen molar-refractivity contribution in [1.82, 2.24) is 0 Å². The van der Waals surface area contributed by atoms with Gasteiger partial charge in [0.2, 0.25) is 0 Å². The van der Waals surface area contributed by atoms with E-state index in [2.05, 4.69) is 0 Å². The zero-order valence-electron chi connectivity index (χ0n) is 7.67. The Bertz CT molecular complexity index is 315. The molecule has 0 spiro atoms. The first-order chi connectivity index (χ1) is 6.47. The summed E-state index contributed by atoms with van der Waals surface area (Å²) in [4.78, 5) is 11.1. The predicted octanol–water partition coefficient (Wildman–Crippen LogP) is 2.14. The Kier molecular flexibility index (Phi) is 1.31. The van der Waals surface area contributed by atoms with E-state index in [0.29, 0.717) is 19.3 Å². The minimum absolute atomic E-state index is 0.205. The second kappa shape index (κ2) is 2.12. The van der Waals surface area contributed by atoms with E-state index in [0.717, 1.165) is 0 Å². The summed E-state index contributed by atoms with van der Waals surface area (Å²) in [5, 5.41) is 9.11.